The van der Waals surface area contributed by atoms with Crippen molar-refractivity contribution < 1.29 is 14.3 Å². The predicted molar refractivity (Wildman–Crippen MR) is 127 cm³/mol. The summed E-state index contributed by atoms with van der Waals surface area (Å²) in [6.07, 6.45) is 2.97. The molecule has 2 N–H and O–H groups in total. The number of nitrogens with one attached hydrogen (secondary N) is 1. The number of hydrogen-bond acceptors (Lipinski definition) is 7. The van der Waals surface area contributed by atoms with Crippen LogP contribution in [0.25, 0.3) is 22.1 Å². The van der Waals surface area contributed by atoms with Gasteiger partial charge in [-0.25, -0.2) is 19.3 Å². The largest absolute Gasteiger partial charge is 0.505 e. The van der Waals surface area contributed by atoms with E-state index in [4.69, 9.17) is 0 Å². The van der Waals surface area contributed by atoms with Crippen molar-refractivity contribution in [1.82, 2.24) is 24.5 Å². The van der Waals surface area contributed by atoms with Crippen molar-refractivity contribution in [1.29, 1.82) is 0 Å². The molecule has 2 aromatic carbocycles. The van der Waals surface area contributed by atoms with Gasteiger partial charge in [-0.3, -0.25) is 19.7 Å². The van der Waals surface area contributed by atoms with E-state index < -0.39 is 5.91 Å². The minimum absolute atomic E-state index is 0.0607. The molecule has 3 aromatic heterocycles. The first kappa shape index (κ1) is 21.3. The van der Waals surface area contributed by atoms with Gasteiger partial charge in [0.15, 0.2) is 22.7 Å². The van der Waals surface area contributed by atoms with Crippen molar-refractivity contribution in [3.63, 3.8) is 0 Å². The first-order valence-corrected chi connectivity index (χ1v) is 10.4. The molecule has 5 rings (SSSR count). The van der Waals surface area contributed by atoms with Crippen LogP contribution in [0.4, 0.5) is 16.2 Å². The molecule has 0 aliphatic carbocycles. The Hall–Kier alpha value is -4.60. The first-order valence-electron chi connectivity index (χ1n) is 10.4. The normalized spacial score (nSPS) is 11.1. The van der Waals surface area contributed by atoms with Crippen LogP contribution in [0.5, 0.6) is 5.75 Å². The Labute approximate surface area is 193 Å². The quantitative estimate of drug-likeness (QED) is 0.415. The number of phenolic OH excluding ortho intramolecular Hbond substituents is 1. The third kappa shape index (κ3) is 3.75. The van der Waals surface area contributed by atoms with Gasteiger partial charge in [-0.2, -0.15) is 0 Å². The highest BCUT2D eigenvalue weighted by atomic mass is 19.1. The Bertz CT molecular complexity index is 1530. The molecule has 0 atom stereocenters. The molecule has 0 radical (unpaired) electrons. The summed E-state index contributed by atoms with van der Waals surface area (Å²) in [6.45, 7) is 0.279. The Morgan fingerprint density at radius 1 is 1.06 bits per heavy atom. The van der Waals surface area contributed by atoms with Crippen LogP contribution in [0, 0.1) is 5.82 Å². The van der Waals surface area contributed by atoms with E-state index in [2.05, 4.69) is 25.3 Å². The molecule has 0 bridgehead atoms. The van der Waals surface area contributed by atoms with Crippen LogP contribution in [0.3, 0.4) is 0 Å². The highest BCUT2D eigenvalue weighted by molar-refractivity contribution is 6.09. The molecule has 10 heteroatoms. The summed E-state index contributed by atoms with van der Waals surface area (Å²) in [5.41, 5.74) is 2.18. The van der Waals surface area contributed by atoms with Crippen LogP contribution in [-0.4, -0.2) is 49.6 Å². The first-order chi connectivity index (χ1) is 16.4. The maximum absolute atomic E-state index is 13.4. The molecule has 0 fully saturated rings. The van der Waals surface area contributed by atoms with Gasteiger partial charge in [0.1, 0.15) is 17.7 Å². The molecule has 0 aliphatic rings. The molecule has 5 aromatic rings. The average molecular weight is 457 g/mol. The maximum Gasteiger partial charge on any atom is 0.261 e. The minimum atomic E-state index is -0.555. The fourth-order valence-electron chi connectivity index (χ4n) is 3.75. The second-order valence-electron chi connectivity index (χ2n) is 7.90. The molecule has 0 saturated carbocycles. The van der Waals surface area contributed by atoms with Gasteiger partial charge in [0, 0.05) is 25.7 Å². The third-order valence-electron chi connectivity index (χ3n) is 5.41. The number of rotatable bonds is 5. The second-order valence-corrected chi connectivity index (χ2v) is 7.90. The lowest BCUT2D eigenvalue weighted by Gasteiger charge is -2.12. The lowest BCUT2D eigenvalue weighted by atomic mass is 10.1. The number of imidazole rings is 1. The summed E-state index contributed by atoms with van der Waals surface area (Å²) in [5, 5.41) is 14.2. The van der Waals surface area contributed by atoms with Gasteiger partial charge in [-0.05, 0) is 29.8 Å². The molecule has 0 aliphatic heterocycles. The number of carbonyl (C=O) groups is 1. The minimum Gasteiger partial charge on any atom is -0.505 e. The van der Waals surface area contributed by atoms with Gasteiger partial charge in [0.25, 0.3) is 5.91 Å². The van der Waals surface area contributed by atoms with E-state index in [1.54, 1.807) is 46.0 Å². The summed E-state index contributed by atoms with van der Waals surface area (Å²) in [7, 11) is 3.66. The van der Waals surface area contributed by atoms with E-state index in [9.17, 15) is 14.3 Å². The van der Waals surface area contributed by atoms with E-state index in [-0.39, 0.29) is 29.6 Å². The van der Waals surface area contributed by atoms with E-state index >= 15 is 0 Å². The predicted octanol–water partition coefficient (Wildman–Crippen LogP) is 3.59. The molecule has 0 saturated heterocycles. The molecular weight excluding hydrogens is 437 g/mol. The molecule has 0 spiro atoms. The Morgan fingerprint density at radius 2 is 1.85 bits per heavy atom. The highest BCUT2D eigenvalue weighted by Gasteiger charge is 2.21. The third-order valence-corrected chi connectivity index (χ3v) is 5.41. The zero-order chi connectivity index (χ0) is 23.8. The lowest BCUT2D eigenvalue weighted by molar-refractivity contribution is 0.102. The van der Waals surface area contributed by atoms with Gasteiger partial charge >= 0.3 is 0 Å². The molecule has 170 valence electrons. The fraction of sp³-hybridized carbons (Fsp3) is 0.125. The van der Waals surface area contributed by atoms with E-state index in [1.807, 2.05) is 14.1 Å². The van der Waals surface area contributed by atoms with E-state index in [1.165, 1.54) is 24.5 Å². The summed E-state index contributed by atoms with van der Waals surface area (Å²) in [6, 6.07) is 12.8. The van der Waals surface area contributed by atoms with Crippen LogP contribution in [0.1, 0.15) is 15.9 Å². The number of fused-ring (bicyclic) bond motifs is 2. The number of aromatic hydroxyl groups is 1. The number of benzene rings is 2. The van der Waals surface area contributed by atoms with Gasteiger partial charge in [0.05, 0.1) is 12.1 Å². The zero-order valence-corrected chi connectivity index (χ0v) is 18.4. The van der Waals surface area contributed by atoms with Gasteiger partial charge in [-0.1, -0.05) is 24.3 Å². The van der Waals surface area contributed by atoms with E-state index in [0.717, 1.165) is 5.56 Å². The number of amides is 1. The highest BCUT2D eigenvalue weighted by Crippen LogP contribution is 2.29. The van der Waals surface area contributed by atoms with Gasteiger partial charge < -0.3 is 10.0 Å². The summed E-state index contributed by atoms with van der Waals surface area (Å²) < 4.78 is 15.1. The Balaban J connectivity index is 1.59. The number of halogens is 1. The van der Waals surface area contributed by atoms with Crippen LogP contribution in [-0.2, 0) is 6.54 Å². The SMILES string of the molecule is CN(C)c1ncnc2c1nc(NC(=O)c1ccc3cccnc3c1O)n2Cc1ccc(F)cc1. The number of anilines is 2. The maximum atomic E-state index is 13.4. The van der Waals surface area contributed by atoms with Gasteiger partial charge in [0.2, 0.25) is 5.95 Å². The summed E-state index contributed by atoms with van der Waals surface area (Å²) in [5.74, 6) is -0.319. The number of hydrogen-bond donors (Lipinski definition) is 2. The second kappa shape index (κ2) is 8.39. The lowest BCUT2D eigenvalue weighted by Crippen LogP contribution is -2.17. The van der Waals surface area contributed by atoms with Crippen molar-refractivity contribution in [2.75, 3.05) is 24.3 Å². The number of carbonyl (C=O) groups excluding carboxylic acids is 1. The molecular formula is C24H20FN7O2. The summed E-state index contributed by atoms with van der Waals surface area (Å²) >= 11 is 0. The molecule has 34 heavy (non-hydrogen) atoms. The summed E-state index contributed by atoms with van der Waals surface area (Å²) in [4.78, 5) is 32.4. The fourth-order valence-corrected chi connectivity index (χ4v) is 3.75. The van der Waals surface area contributed by atoms with Crippen molar-refractivity contribution in [2.45, 2.75) is 6.54 Å². The van der Waals surface area contributed by atoms with Crippen LogP contribution in [0.15, 0.2) is 61.1 Å². The number of pyridine rings is 1. The Kier molecular flexibility index (Phi) is 5.25. The monoisotopic (exact) mass is 457 g/mol. The zero-order valence-electron chi connectivity index (χ0n) is 18.4. The smallest absolute Gasteiger partial charge is 0.261 e. The van der Waals surface area contributed by atoms with Crippen LogP contribution < -0.4 is 10.2 Å². The van der Waals surface area contributed by atoms with Crippen LogP contribution in [0.2, 0.25) is 0 Å². The molecule has 9 nitrogen and oxygen atoms in total. The number of phenols is 1. The Morgan fingerprint density at radius 3 is 2.62 bits per heavy atom. The van der Waals surface area contributed by atoms with Crippen molar-refractivity contribution in [3.8, 4) is 5.75 Å². The van der Waals surface area contributed by atoms with Crippen molar-refractivity contribution >= 4 is 39.7 Å². The van der Waals surface area contributed by atoms with Gasteiger partial charge in [-0.15, -0.1) is 0 Å². The number of aromatic nitrogens is 5. The van der Waals surface area contributed by atoms with Crippen molar-refractivity contribution in [3.05, 3.63) is 78.0 Å². The average Bonchev–Trinajstić information content (AvgIpc) is 3.17. The van der Waals surface area contributed by atoms with Crippen LogP contribution >= 0.6 is 0 Å². The molecule has 0 unspecified atom stereocenters. The topological polar surface area (TPSA) is 109 Å². The molecule has 3 heterocycles. The standard InChI is InChI=1S/C24H20FN7O2/c1-31(2)21-19-22(28-13-27-21)32(12-14-5-8-16(25)9-6-14)24(29-19)30-23(34)17-10-7-15-4-3-11-26-18(15)20(17)33/h3-11,13,33H,12H2,1-2H3,(H,29,30,34). The van der Waals surface area contributed by atoms with E-state index in [0.29, 0.717) is 27.9 Å². The number of nitrogens with zero attached hydrogens (tertiary/aromatic N) is 6. The van der Waals surface area contributed by atoms with Crippen molar-refractivity contribution in [2.24, 2.45) is 0 Å². The molecule has 1 amide bonds.